The van der Waals surface area contributed by atoms with Crippen LogP contribution in [-0.2, 0) is 6.42 Å². The van der Waals surface area contributed by atoms with Crippen LogP contribution in [0.1, 0.15) is 25.3 Å². The molecular weight excluding hydrogens is 331 g/mol. The summed E-state index contributed by atoms with van der Waals surface area (Å²) >= 11 is 9.30. The molecule has 0 spiro atoms. The van der Waals surface area contributed by atoms with Crippen molar-refractivity contribution in [3.63, 3.8) is 0 Å². The molecule has 0 N–H and O–H groups in total. The van der Waals surface area contributed by atoms with Crippen molar-refractivity contribution in [2.24, 2.45) is 0 Å². The number of halogens is 3. The maximum atomic E-state index is 13.7. The van der Waals surface area contributed by atoms with Gasteiger partial charge in [-0.1, -0.05) is 29.8 Å². The van der Waals surface area contributed by atoms with Crippen molar-refractivity contribution < 1.29 is 9.13 Å². The summed E-state index contributed by atoms with van der Waals surface area (Å²) in [5.41, 5.74) is 1.66. The van der Waals surface area contributed by atoms with Crippen LogP contribution in [0.15, 0.2) is 34.3 Å². The van der Waals surface area contributed by atoms with Gasteiger partial charge in [-0.15, -0.1) is 0 Å². The number of hydrogen-bond donors (Lipinski definition) is 0. The maximum Gasteiger partial charge on any atom is 0.146 e. The van der Waals surface area contributed by atoms with E-state index in [4.69, 9.17) is 16.3 Å². The molecule has 0 unspecified atom stereocenters. The van der Waals surface area contributed by atoms with E-state index in [0.717, 1.165) is 24.0 Å². The van der Waals surface area contributed by atoms with Gasteiger partial charge in [0.2, 0.25) is 0 Å². The molecule has 0 saturated heterocycles. The van der Waals surface area contributed by atoms with Gasteiger partial charge in [-0.3, -0.25) is 0 Å². The summed E-state index contributed by atoms with van der Waals surface area (Å²) in [7, 11) is 0. The van der Waals surface area contributed by atoms with Crippen molar-refractivity contribution in [2.75, 3.05) is 0 Å². The van der Waals surface area contributed by atoms with E-state index < -0.39 is 11.4 Å². The molecule has 1 aromatic carbocycles. The average Bonchev–Trinajstić information content (AvgIpc) is 2.76. The fourth-order valence-electron chi connectivity index (χ4n) is 2.65. The van der Waals surface area contributed by atoms with Gasteiger partial charge in [0.25, 0.3) is 0 Å². The Kier molecular flexibility index (Phi) is 3.22. The number of rotatable bonds is 1. The Morgan fingerprint density at radius 3 is 2.89 bits per heavy atom. The molecule has 0 saturated carbocycles. The molecule has 0 radical (unpaired) electrons. The van der Waals surface area contributed by atoms with E-state index >= 15 is 0 Å². The molecule has 4 heteroatoms. The first-order valence-electron chi connectivity index (χ1n) is 6.24. The second-order valence-corrected chi connectivity index (χ2v) is 6.28. The molecule has 1 aromatic rings. The van der Waals surface area contributed by atoms with E-state index in [1.807, 2.05) is 6.92 Å². The summed E-state index contributed by atoms with van der Waals surface area (Å²) < 4.78 is 20.3. The summed E-state index contributed by atoms with van der Waals surface area (Å²) in [6.45, 7) is 2.03. The minimum atomic E-state index is -0.454. The second kappa shape index (κ2) is 4.64. The second-order valence-electron chi connectivity index (χ2n) is 5.11. The smallest absolute Gasteiger partial charge is 0.146 e. The van der Waals surface area contributed by atoms with Gasteiger partial charge in [0, 0.05) is 22.5 Å². The fourth-order valence-corrected chi connectivity index (χ4v) is 3.34. The van der Waals surface area contributed by atoms with Gasteiger partial charge in [0.05, 0.1) is 5.02 Å². The first-order valence-corrected chi connectivity index (χ1v) is 7.41. The Bertz CT molecular complexity index is 609. The van der Waals surface area contributed by atoms with Crippen LogP contribution in [-0.4, -0.2) is 5.60 Å². The number of allylic oxidation sites excluding steroid dienone is 2. The molecular formula is C15H13BrClFO. The molecule has 0 fully saturated rings. The third-order valence-electron chi connectivity index (χ3n) is 3.68. The van der Waals surface area contributed by atoms with Crippen LogP contribution in [0.2, 0.25) is 5.02 Å². The molecule has 0 aromatic heterocycles. The third-order valence-corrected chi connectivity index (χ3v) is 5.15. The number of benzene rings is 1. The van der Waals surface area contributed by atoms with Crippen LogP contribution in [0.3, 0.4) is 0 Å². The number of ether oxygens (including phenoxy) is 1. The van der Waals surface area contributed by atoms with Gasteiger partial charge in [0.15, 0.2) is 0 Å². The van der Waals surface area contributed by atoms with E-state index in [1.54, 1.807) is 0 Å². The predicted molar refractivity (Wildman–Crippen MR) is 78.3 cm³/mol. The Labute approximate surface area is 125 Å². The molecule has 1 aliphatic heterocycles. The van der Waals surface area contributed by atoms with Crippen molar-refractivity contribution in [2.45, 2.75) is 31.8 Å². The Balaban J connectivity index is 2.02. The molecule has 3 rings (SSSR count). The minimum Gasteiger partial charge on any atom is -0.482 e. The van der Waals surface area contributed by atoms with E-state index in [-0.39, 0.29) is 5.02 Å². The molecule has 2 aliphatic rings. The monoisotopic (exact) mass is 342 g/mol. The third kappa shape index (κ3) is 2.13. The van der Waals surface area contributed by atoms with Crippen molar-refractivity contribution in [1.29, 1.82) is 0 Å². The molecule has 1 aliphatic carbocycles. The van der Waals surface area contributed by atoms with E-state index in [9.17, 15) is 4.39 Å². The van der Waals surface area contributed by atoms with Crippen LogP contribution in [0.5, 0.6) is 5.75 Å². The van der Waals surface area contributed by atoms with Crippen LogP contribution in [0.25, 0.3) is 0 Å². The highest BCUT2D eigenvalue weighted by molar-refractivity contribution is 9.10. The molecule has 1 atom stereocenters. The summed E-state index contributed by atoms with van der Waals surface area (Å²) in [5, 5.41) is 0.125. The van der Waals surface area contributed by atoms with Crippen molar-refractivity contribution in [3.05, 3.63) is 50.7 Å². The standard InChI is InChI=1S/C15H13BrClFO/c1-15(9-5-3-2-4-6-9)8-10-12(19-15)7-11(18)14(17)13(10)16/h3,5-7H,2,4,8H2,1H3/t15-/m0/s1. The van der Waals surface area contributed by atoms with Crippen molar-refractivity contribution in [1.82, 2.24) is 0 Å². The van der Waals surface area contributed by atoms with Crippen molar-refractivity contribution >= 4 is 27.5 Å². The lowest BCUT2D eigenvalue weighted by molar-refractivity contribution is 0.160. The highest BCUT2D eigenvalue weighted by atomic mass is 79.9. The van der Waals surface area contributed by atoms with Gasteiger partial charge in [0.1, 0.15) is 17.2 Å². The van der Waals surface area contributed by atoms with Gasteiger partial charge in [-0.2, -0.15) is 0 Å². The Morgan fingerprint density at radius 2 is 2.21 bits per heavy atom. The fraction of sp³-hybridized carbons (Fsp3) is 0.333. The molecule has 0 bridgehead atoms. The maximum absolute atomic E-state index is 13.7. The zero-order valence-electron chi connectivity index (χ0n) is 10.5. The largest absolute Gasteiger partial charge is 0.482 e. The zero-order valence-corrected chi connectivity index (χ0v) is 12.8. The van der Waals surface area contributed by atoms with E-state index in [2.05, 4.69) is 34.2 Å². The molecule has 100 valence electrons. The highest BCUT2D eigenvalue weighted by Crippen LogP contribution is 2.46. The van der Waals surface area contributed by atoms with Crippen LogP contribution in [0, 0.1) is 5.82 Å². The predicted octanol–water partition coefficient (Wildman–Crippen LogP) is 5.21. The summed E-state index contributed by atoms with van der Waals surface area (Å²) in [4.78, 5) is 0. The number of hydrogen-bond acceptors (Lipinski definition) is 1. The zero-order chi connectivity index (χ0) is 13.6. The summed E-state index contributed by atoms with van der Waals surface area (Å²) in [6, 6.07) is 1.38. The van der Waals surface area contributed by atoms with Crippen molar-refractivity contribution in [3.8, 4) is 5.75 Å². The first kappa shape index (κ1) is 13.2. The SMILES string of the molecule is C[C@@]1(C2=CCCC=C2)Cc2c(cc(F)c(Cl)c2Br)O1. The molecule has 1 nitrogen and oxygen atoms in total. The normalized spacial score (nSPS) is 24.9. The van der Waals surface area contributed by atoms with Crippen LogP contribution >= 0.6 is 27.5 Å². The van der Waals surface area contributed by atoms with Gasteiger partial charge in [-0.25, -0.2) is 4.39 Å². The van der Waals surface area contributed by atoms with Gasteiger partial charge < -0.3 is 4.74 Å². The van der Waals surface area contributed by atoms with Gasteiger partial charge in [-0.05, 0) is 41.3 Å². The van der Waals surface area contributed by atoms with Crippen LogP contribution < -0.4 is 4.74 Å². The Hall–Kier alpha value is -0.800. The van der Waals surface area contributed by atoms with Crippen LogP contribution in [0.4, 0.5) is 4.39 Å². The highest BCUT2D eigenvalue weighted by Gasteiger charge is 2.39. The lowest BCUT2D eigenvalue weighted by Crippen LogP contribution is -2.32. The summed E-state index contributed by atoms with van der Waals surface area (Å²) in [5.74, 6) is 0.126. The van der Waals surface area contributed by atoms with E-state index in [1.165, 1.54) is 6.07 Å². The lowest BCUT2D eigenvalue weighted by atomic mass is 9.87. The average molecular weight is 344 g/mol. The van der Waals surface area contributed by atoms with E-state index in [0.29, 0.717) is 16.6 Å². The summed E-state index contributed by atoms with van der Waals surface area (Å²) in [6.07, 6.45) is 9.22. The van der Waals surface area contributed by atoms with Gasteiger partial charge >= 0.3 is 0 Å². The molecule has 19 heavy (non-hydrogen) atoms. The quantitative estimate of drug-likeness (QED) is 0.636. The topological polar surface area (TPSA) is 9.23 Å². The Morgan fingerprint density at radius 1 is 1.42 bits per heavy atom. The molecule has 1 heterocycles. The minimum absolute atomic E-state index is 0.125. The first-order chi connectivity index (χ1) is 9.01. The molecule has 0 amide bonds. The lowest BCUT2D eigenvalue weighted by Gasteiger charge is -2.27. The number of fused-ring (bicyclic) bond motifs is 1.